The first-order valence-corrected chi connectivity index (χ1v) is 10.5. The molecule has 26 heavy (non-hydrogen) atoms. The molecule has 0 aliphatic carbocycles. The summed E-state index contributed by atoms with van der Waals surface area (Å²) < 4.78 is 0. The lowest BCUT2D eigenvalue weighted by Gasteiger charge is -2.17. The SMILES string of the molecule is CC[C@@H](NC(=O)CSc1ncnc2sc(C)c(C)c12)c1ccc(C)cc1. The number of carbonyl (C=O) groups excluding carboxylic acids is 1. The molecule has 0 unspecified atom stereocenters. The molecule has 4 nitrogen and oxygen atoms in total. The van der Waals surface area contributed by atoms with E-state index < -0.39 is 0 Å². The maximum atomic E-state index is 12.5. The van der Waals surface area contributed by atoms with Crippen LogP contribution in [-0.4, -0.2) is 21.6 Å². The third kappa shape index (κ3) is 4.07. The van der Waals surface area contributed by atoms with Gasteiger partial charge in [-0.25, -0.2) is 9.97 Å². The second kappa shape index (κ2) is 8.18. The summed E-state index contributed by atoms with van der Waals surface area (Å²) in [5.74, 6) is 0.377. The van der Waals surface area contributed by atoms with Crippen LogP contribution in [0.3, 0.4) is 0 Å². The highest BCUT2D eigenvalue weighted by molar-refractivity contribution is 8.00. The van der Waals surface area contributed by atoms with Crippen LogP contribution in [0, 0.1) is 20.8 Å². The van der Waals surface area contributed by atoms with E-state index in [-0.39, 0.29) is 11.9 Å². The Morgan fingerprint density at radius 2 is 1.92 bits per heavy atom. The maximum Gasteiger partial charge on any atom is 0.230 e. The van der Waals surface area contributed by atoms with Gasteiger partial charge < -0.3 is 5.32 Å². The summed E-state index contributed by atoms with van der Waals surface area (Å²) in [6, 6.07) is 8.38. The van der Waals surface area contributed by atoms with Crippen LogP contribution in [0.4, 0.5) is 0 Å². The number of aryl methyl sites for hydroxylation is 3. The lowest BCUT2D eigenvalue weighted by molar-refractivity contribution is -0.119. The van der Waals surface area contributed by atoms with Crippen LogP contribution < -0.4 is 5.32 Å². The van der Waals surface area contributed by atoms with E-state index in [9.17, 15) is 4.79 Å². The number of benzene rings is 1. The van der Waals surface area contributed by atoms with Crippen molar-refractivity contribution in [2.45, 2.75) is 45.2 Å². The minimum absolute atomic E-state index is 0.0267. The summed E-state index contributed by atoms with van der Waals surface area (Å²) in [4.78, 5) is 23.5. The fraction of sp³-hybridized carbons (Fsp3) is 0.350. The van der Waals surface area contributed by atoms with Crippen molar-refractivity contribution < 1.29 is 4.79 Å². The third-order valence-electron chi connectivity index (χ3n) is 4.49. The van der Waals surface area contributed by atoms with Crippen molar-refractivity contribution in [2.24, 2.45) is 0 Å². The highest BCUT2D eigenvalue weighted by atomic mass is 32.2. The average molecular weight is 386 g/mol. The highest BCUT2D eigenvalue weighted by Gasteiger charge is 2.16. The predicted molar refractivity (Wildman–Crippen MR) is 110 cm³/mol. The van der Waals surface area contributed by atoms with Crippen molar-refractivity contribution in [2.75, 3.05) is 5.75 Å². The Labute approximate surface area is 162 Å². The van der Waals surface area contributed by atoms with Crippen molar-refractivity contribution in [1.29, 1.82) is 0 Å². The molecular weight excluding hydrogens is 362 g/mol. The van der Waals surface area contributed by atoms with Crippen molar-refractivity contribution in [3.05, 3.63) is 52.2 Å². The summed E-state index contributed by atoms with van der Waals surface area (Å²) >= 11 is 3.15. The normalized spacial score (nSPS) is 12.3. The van der Waals surface area contributed by atoms with Gasteiger partial charge in [0.25, 0.3) is 0 Å². The second-order valence-electron chi connectivity index (χ2n) is 6.37. The largest absolute Gasteiger partial charge is 0.349 e. The van der Waals surface area contributed by atoms with Crippen molar-refractivity contribution in [3.63, 3.8) is 0 Å². The summed E-state index contributed by atoms with van der Waals surface area (Å²) in [6.07, 6.45) is 2.44. The van der Waals surface area contributed by atoms with E-state index >= 15 is 0 Å². The second-order valence-corrected chi connectivity index (χ2v) is 8.54. The van der Waals surface area contributed by atoms with E-state index in [1.807, 2.05) is 0 Å². The van der Waals surface area contributed by atoms with E-state index in [0.29, 0.717) is 5.75 Å². The van der Waals surface area contributed by atoms with E-state index in [1.54, 1.807) is 17.7 Å². The molecule has 0 bridgehead atoms. The van der Waals surface area contributed by atoms with Gasteiger partial charge in [-0.15, -0.1) is 11.3 Å². The van der Waals surface area contributed by atoms with Gasteiger partial charge in [0, 0.05) is 10.3 Å². The Kier molecular flexibility index (Phi) is 5.94. The number of aromatic nitrogens is 2. The zero-order valence-corrected chi connectivity index (χ0v) is 17.1. The molecule has 6 heteroatoms. The smallest absolute Gasteiger partial charge is 0.230 e. The van der Waals surface area contributed by atoms with Gasteiger partial charge in [0.15, 0.2) is 0 Å². The Balaban J connectivity index is 1.68. The van der Waals surface area contributed by atoms with E-state index in [2.05, 4.69) is 67.2 Å². The average Bonchev–Trinajstić information content (AvgIpc) is 2.93. The number of amides is 1. The van der Waals surface area contributed by atoms with Crippen LogP contribution in [-0.2, 0) is 4.79 Å². The number of rotatable bonds is 6. The van der Waals surface area contributed by atoms with Gasteiger partial charge in [-0.2, -0.15) is 0 Å². The third-order valence-corrected chi connectivity index (χ3v) is 6.60. The Hall–Kier alpha value is -1.92. The molecule has 3 aromatic rings. The number of carbonyl (C=O) groups is 1. The molecule has 1 aromatic carbocycles. The van der Waals surface area contributed by atoms with E-state index in [4.69, 9.17) is 0 Å². The van der Waals surface area contributed by atoms with Crippen molar-refractivity contribution in [3.8, 4) is 0 Å². The van der Waals surface area contributed by atoms with Crippen molar-refractivity contribution in [1.82, 2.24) is 15.3 Å². The number of hydrogen-bond acceptors (Lipinski definition) is 5. The summed E-state index contributed by atoms with van der Waals surface area (Å²) in [6.45, 7) is 8.34. The highest BCUT2D eigenvalue weighted by Crippen LogP contribution is 2.34. The standard InChI is InChI=1S/C20H23N3OS2/c1-5-16(15-8-6-12(2)7-9-15)23-17(24)10-25-19-18-13(3)14(4)26-20(18)22-11-21-19/h6-9,11,16H,5,10H2,1-4H3,(H,23,24)/t16-/m1/s1. The number of hydrogen-bond donors (Lipinski definition) is 1. The molecule has 0 fully saturated rings. The molecule has 1 amide bonds. The molecule has 1 N–H and O–H groups in total. The number of nitrogens with zero attached hydrogens (tertiary/aromatic N) is 2. The van der Waals surface area contributed by atoms with Crippen LogP contribution in [0.25, 0.3) is 10.2 Å². The number of thiophene rings is 1. The minimum atomic E-state index is 0.0267. The fourth-order valence-electron chi connectivity index (χ4n) is 2.85. The van der Waals surface area contributed by atoms with Gasteiger partial charge in [0.2, 0.25) is 5.91 Å². The Morgan fingerprint density at radius 1 is 1.19 bits per heavy atom. The fourth-order valence-corrected chi connectivity index (χ4v) is 4.78. The molecule has 3 rings (SSSR count). The zero-order chi connectivity index (χ0) is 18.7. The Bertz CT molecular complexity index is 919. The molecule has 1 atom stereocenters. The molecule has 2 aromatic heterocycles. The van der Waals surface area contributed by atoms with E-state index in [1.165, 1.54) is 27.8 Å². The summed E-state index contributed by atoms with van der Waals surface area (Å²) in [5.41, 5.74) is 3.57. The first-order chi connectivity index (χ1) is 12.5. The molecule has 0 radical (unpaired) electrons. The molecular formula is C20H23N3OS2. The molecule has 136 valence electrons. The molecule has 0 spiro atoms. The first-order valence-electron chi connectivity index (χ1n) is 8.69. The van der Waals surface area contributed by atoms with Crippen LogP contribution >= 0.6 is 23.1 Å². The van der Waals surface area contributed by atoms with Gasteiger partial charge in [-0.1, -0.05) is 48.5 Å². The van der Waals surface area contributed by atoms with Gasteiger partial charge in [-0.05, 0) is 38.3 Å². The van der Waals surface area contributed by atoms with Crippen LogP contribution in [0.2, 0.25) is 0 Å². The lowest BCUT2D eigenvalue weighted by Crippen LogP contribution is -2.29. The predicted octanol–water partition coefficient (Wildman–Crippen LogP) is 4.98. The van der Waals surface area contributed by atoms with Gasteiger partial charge in [0.1, 0.15) is 16.2 Å². The topological polar surface area (TPSA) is 54.9 Å². The Morgan fingerprint density at radius 3 is 2.62 bits per heavy atom. The van der Waals surface area contributed by atoms with E-state index in [0.717, 1.165) is 27.2 Å². The summed E-state index contributed by atoms with van der Waals surface area (Å²) in [5, 5.41) is 5.11. The van der Waals surface area contributed by atoms with Crippen LogP contribution in [0.5, 0.6) is 0 Å². The molecule has 0 aliphatic rings. The first kappa shape index (κ1) is 18.9. The minimum Gasteiger partial charge on any atom is -0.349 e. The molecule has 0 saturated carbocycles. The summed E-state index contributed by atoms with van der Waals surface area (Å²) in [7, 11) is 0. The van der Waals surface area contributed by atoms with Crippen LogP contribution in [0.1, 0.15) is 41.0 Å². The molecule has 0 saturated heterocycles. The number of nitrogens with one attached hydrogen (secondary N) is 1. The lowest BCUT2D eigenvalue weighted by atomic mass is 10.0. The molecule has 0 aliphatic heterocycles. The van der Waals surface area contributed by atoms with Gasteiger partial charge in [-0.3, -0.25) is 4.79 Å². The quantitative estimate of drug-likeness (QED) is 0.480. The molecule has 2 heterocycles. The number of thioether (sulfide) groups is 1. The zero-order valence-electron chi connectivity index (χ0n) is 15.5. The monoisotopic (exact) mass is 385 g/mol. The van der Waals surface area contributed by atoms with Gasteiger partial charge in [0.05, 0.1) is 11.8 Å². The van der Waals surface area contributed by atoms with Crippen molar-refractivity contribution >= 4 is 39.2 Å². The van der Waals surface area contributed by atoms with Gasteiger partial charge >= 0.3 is 0 Å². The maximum absolute atomic E-state index is 12.5. The van der Waals surface area contributed by atoms with Crippen LogP contribution in [0.15, 0.2) is 35.6 Å². The number of fused-ring (bicyclic) bond motifs is 1.